The van der Waals surface area contributed by atoms with Gasteiger partial charge >= 0.3 is 0 Å². The first kappa shape index (κ1) is 15.7. The van der Waals surface area contributed by atoms with Crippen LogP contribution in [0.15, 0.2) is 54.7 Å². The van der Waals surface area contributed by atoms with Gasteiger partial charge in [-0.25, -0.2) is 4.98 Å². The molecule has 22 heavy (non-hydrogen) atoms. The Kier molecular flexibility index (Phi) is 4.85. The largest absolute Gasteiger partial charge is 0.382 e. The maximum absolute atomic E-state index is 12.4. The SMILES string of the molecule is CN(C(=O)C(O)C(C(N)=O)c1ccccc1)c1ccccn1. The highest BCUT2D eigenvalue weighted by Gasteiger charge is 2.34. The van der Waals surface area contributed by atoms with E-state index in [1.165, 1.54) is 18.1 Å². The fourth-order valence-electron chi connectivity index (χ4n) is 2.17. The number of pyridine rings is 1. The number of primary amides is 1. The third kappa shape index (κ3) is 3.29. The third-order valence-electron chi connectivity index (χ3n) is 3.36. The number of nitrogens with two attached hydrogens (primary N) is 1. The Morgan fingerprint density at radius 1 is 1.14 bits per heavy atom. The Hall–Kier alpha value is -2.73. The molecule has 1 aromatic carbocycles. The summed E-state index contributed by atoms with van der Waals surface area (Å²) in [7, 11) is 1.48. The van der Waals surface area contributed by atoms with Gasteiger partial charge in [-0.05, 0) is 17.7 Å². The summed E-state index contributed by atoms with van der Waals surface area (Å²) in [6.07, 6.45) is -0.0410. The van der Waals surface area contributed by atoms with E-state index in [0.29, 0.717) is 11.4 Å². The van der Waals surface area contributed by atoms with E-state index < -0.39 is 23.8 Å². The molecule has 1 aromatic heterocycles. The molecule has 3 N–H and O–H groups in total. The van der Waals surface area contributed by atoms with Crippen molar-refractivity contribution in [2.75, 3.05) is 11.9 Å². The van der Waals surface area contributed by atoms with Crippen LogP contribution < -0.4 is 10.6 Å². The number of carbonyl (C=O) groups excluding carboxylic acids is 2. The quantitative estimate of drug-likeness (QED) is 0.848. The lowest BCUT2D eigenvalue weighted by molar-refractivity contribution is -0.133. The van der Waals surface area contributed by atoms with Gasteiger partial charge in [0.25, 0.3) is 5.91 Å². The highest BCUT2D eigenvalue weighted by molar-refractivity contribution is 5.99. The molecular formula is C16H17N3O3. The molecule has 0 aliphatic heterocycles. The Balaban J connectivity index is 2.26. The number of likely N-dealkylation sites (N-methyl/N-ethyl adjacent to an activating group) is 1. The number of hydrogen-bond acceptors (Lipinski definition) is 4. The fraction of sp³-hybridized carbons (Fsp3) is 0.188. The molecule has 114 valence electrons. The summed E-state index contributed by atoms with van der Waals surface area (Å²) in [4.78, 5) is 29.3. The molecule has 6 heteroatoms. The number of aliphatic hydroxyl groups is 1. The maximum atomic E-state index is 12.4. The first-order chi connectivity index (χ1) is 10.5. The first-order valence-corrected chi connectivity index (χ1v) is 6.73. The van der Waals surface area contributed by atoms with Gasteiger partial charge in [-0.3, -0.25) is 14.5 Å². The molecule has 0 aliphatic carbocycles. The van der Waals surface area contributed by atoms with Crippen LogP contribution in [0, 0.1) is 0 Å². The van der Waals surface area contributed by atoms with Gasteiger partial charge in [0.2, 0.25) is 5.91 Å². The van der Waals surface area contributed by atoms with Crippen molar-refractivity contribution in [3.8, 4) is 0 Å². The van der Waals surface area contributed by atoms with E-state index in [4.69, 9.17) is 5.73 Å². The minimum atomic E-state index is -1.58. The van der Waals surface area contributed by atoms with E-state index in [1.54, 1.807) is 48.5 Å². The van der Waals surface area contributed by atoms with Crippen LogP contribution in [-0.4, -0.2) is 35.1 Å². The minimum Gasteiger partial charge on any atom is -0.382 e. The van der Waals surface area contributed by atoms with Crippen LogP contribution in [-0.2, 0) is 9.59 Å². The predicted molar refractivity (Wildman–Crippen MR) is 82.0 cm³/mol. The lowest BCUT2D eigenvalue weighted by Gasteiger charge is -2.24. The second-order valence-corrected chi connectivity index (χ2v) is 4.82. The smallest absolute Gasteiger partial charge is 0.257 e. The Morgan fingerprint density at radius 2 is 1.77 bits per heavy atom. The highest BCUT2D eigenvalue weighted by atomic mass is 16.3. The average Bonchev–Trinajstić information content (AvgIpc) is 2.55. The average molecular weight is 299 g/mol. The topological polar surface area (TPSA) is 96.5 Å². The number of benzene rings is 1. The summed E-state index contributed by atoms with van der Waals surface area (Å²) < 4.78 is 0. The number of rotatable bonds is 5. The molecule has 2 rings (SSSR count). The number of aromatic nitrogens is 1. The molecule has 6 nitrogen and oxygen atoms in total. The van der Waals surface area contributed by atoms with Gasteiger partial charge in [0.15, 0.2) is 0 Å². The van der Waals surface area contributed by atoms with Crippen LogP contribution in [0.2, 0.25) is 0 Å². The predicted octanol–water partition coefficient (Wildman–Crippen LogP) is 0.674. The molecule has 0 spiro atoms. The van der Waals surface area contributed by atoms with E-state index in [1.807, 2.05) is 0 Å². The normalized spacial score (nSPS) is 13.2. The highest BCUT2D eigenvalue weighted by Crippen LogP contribution is 2.22. The van der Waals surface area contributed by atoms with Gasteiger partial charge in [0.05, 0.1) is 5.92 Å². The van der Waals surface area contributed by atoms with Crippen LogP contribution in [0.5, 0.6) is 0 Å². The van der Waals surface area contributed by atoms with Crippen molar-refractivity contribution >= 4 is 17.6 Å². The Bertz CT molecular complexity index is 646. The number of amides is 2. The van der Waals surface area contributed by atoms with E-state index >= 15 is 0 Å². The second-order valence-electron chi connectivity index (χ2n) is 4.82. The van der Waals surface area contributed by atoms with Crippen molar-refractivity contribution in [1.29, 1.82) is 0 Å². The van der Waals surface area contributed by atoms with Crippen molar-refractivity contribution in [2.45, 2.75) is 12.0 Å². The molecule has 2 atom stereocenters. The summed E-state index contributed by atoms with van der Waals surface area (Å²) in [5, 5.41) is 10.3. The summed E-state index contributed by atoms with van der Waals surface area (Å²) in [5.74, 6) is -2.14. The van der Waals surface area contributed by atoms with E-state index in [-0.39, 0.29) is 0 Å². The molecule has 2 amide bonds. The van der Waals surface area contributed by atoms with Crippen molar-refractivity contribution in [3.05, 3.63) is 60.3 Å². The second kappa shape index (κ2) is 6.82. The standard InChI is InChI=1S/C16H17N3O3/c1-19(12-9-5-6-10-18-12)16(22)14(20)13(15(17)21)11-7-3-2-4-8-11/h2-10,13-14,20H,1H3,(H2,17,21). The van der Waals surface area contributed by atoms with Crippen molar-refractivity contribution in [2.24, 2.45) is 5.73 Å². The summed E-state index contributed by atoms with van der Waals surface area (Å²) >= 11 is 0. The Labute approximate surface area is 128 Å². The molecule has 0 fully saturated rings. The van der Waals surface area contributed by atoms with Crippen LogP contribution in [0.1, 0.15) is 11.5 Å². The number of hydrogen-bond donors (Lipinski definition) is 2. The Morgan fingerprint density at radius 3 is 2.32 bits per heavy atom. The summed E-state index contributed by atoms with van der Waals surface area (Å²) in [6.45, 7) is 0. The number of nitrogens with zero attached hydrogens (tertiary/aromatic N) is 2. The van der Waals surface area contributed by atoms with Crippen LogP contribution >= 0.6 is 0 Å². The van der Waals surface area contributed by atoms with Gasteiger partial charge in [-0.15, -0.1) is 0 Å². The van der Waals surface area contributed by atoms with Gasteiger partial charge < -0.3 is 10.8 Å². The van der Waals surface area contributed by atoms with E-state index in [9.17, 15) is 14.7 Å². The summed E-state index contributed by atoms with van der Waals surface area (Å²) in [6, 6.07) is 13.6. The maximum Gasteiger partial charge on any atom is 0.257 e. The molecule has 0 bridgehead atoms. The van der Waals surface area contributed by atoms with Gasteiger partial charge in [0.1, 0.15) is 11.9 Å². The minimum absolute atomic E-state index is 0.378. The third-order valence-corrected chi connectivity index (χ3v) is 3.36. The molecule has 0 saturated carbocycles. The summed E-state index contributed by atoms with van der Waals surface area (Å²) in [5.41, 5.74) is 5.85. The zero-order chi connectivity index (χ0) is 16.1. The molecule has 1 heterocycles. The van der Waals surface area contributed by atoms with E-state index in [0.717, 1.165) is 0 Å². The number of anilines is 1. The lowest BCUT2D eigenvalue weighted by Crippen LogP contribution is -2.44. The molecule has 2 aromatic rings. The van der Waals surface area contributed by atoms with Gasteiger partial charge in [-0.2, -0.15) is 0 Å². The zero-order valence-corrected chi connectivity index (χ0v) is 12.1. The van der Waals surface area contributed by atoms with Crippen LogP contribution in [0.4, 0.5) is 5.82 Å². The van der Waals surface area contributed by atoms with E-state index in [2.05, 4.69) is 4.98 Å². The van der Waals surface area contributed by atoms with Crippen LogP contribution in [0.25, 0.3) is 0 Å². The molecular weight excluding hydrogens is 282 g/mol. The van der Waals surface area contributed by atoms with Gasteiger partial charge in [0, 0.05) is 13.2 Å². The molecule has 2 unspecified atom stereocenters. The van der Waals surface area contributed by atoms with Crippen molar-refractivity contribution in [3.63, 3.8) is 0 Å². The van der Waals surface area contributed by atoms with Gasteiger partial charge in [-0.1, -0.05) is 36.4 Å². The lowest BCUT2D eigenvalue weighted by atomic mass is 9.92. The fourth-order valence-corrected chi connectivity index (χ4v) is 2.17. The number of aliphatic hydroxyl groups excluding tert-OH is 1. The zero-order valence-electron chi connectivity index (χ0n) is 12.1. The molecule has 0 saturated heterocycles. The van der Waals surface area contributed by atoms with Crippen molar-refractivity contribution < 1.29 is 14.7 Å². The molecule has 0 radical (unpaired) electrons. The number of carbonyl (C=O) groups is 2. The van der Waals surface area contributed by atoms with Crippen molar-refractivity contribution in [1.82, 2.24) is 4.98 Å². The first-order valence-electron chi connectivity index (χ1n) is 6.73. The monoisotopic (exact) mass is 299 g/mol. The van der Waals surface area contributed by atoms with Crippen LogP contribution in [0.3, 0.4) is 0 Å². The molecule has 0 aliphatic rings.